The van der Waals surface area contributed by atoms with Crippen molar-refractivity contribution in [1.82, 2.24) is 4.98 Å². The number of thioether (sulfide) groups is 1. The first-order chi connectivity index (χ1) is 7.22. The zero-order valence-electron chi connectivity index (χ0n) is 8.07. The fraction of sp³-hybridized carbons (Fsp3) is 0.200. The highest BCUT2D eigenvalue weighted by molar-refractivity contribution is 9.10. The average molecular weight is 287 g/mol. The number of rotatable bonds is 5. The maximum Gasteiger partial charge on any atom is 0.235 e. The molecule has 3 nitrogen and oxygen atoms in total. The summed E-state index contributed by atoms with van der Waals surface area (Å²) in [6.45, 7) is 3.58. The maximum atomic E-state index is 11.4. The Hall–Kier alpha value is -0.810. The zero-order valence-corrected chi connectivity index (χ0v) is 10.5. The van der Waals surface area contributed by atoms with Crippen molar-refractivity contribution in [3.63, 3.8) is 0 Å². The van der Waals surface area contributed by atoms with E-state index in [9.17, 15) is 4.79 Å². The predicted octanol–water partition coefficient (Wildman–Crippen LogP) is 2.70. The molecule has 80 valence electrons. The van der Waals surface area contributed by atoms with Crippen LogP contribution in [-0.2, 0) is 4.79 Å². The van der Waals surface area contributed by atoms with E-state index >= 15 is 0 Å². The number of aromatic nitrogens is 1. The summed E-state index contributed by atoms with van der Waals surface area (Å²) in [6.07, 6.45) is 3.42. The van der Waals surface area contributed by atoms with Crippen molar-refractivity contribution < 1.29 is 4.79 Å². The van der Waals surface area contributed by atoms with E-state index in [1.54, 1.807) is 18.3 Å². The second kappa shape index (κ2) is 6.63. The summed E-state index contributed by atoms with van der Waals surface area (Å²) < 4.78 is 0.890. The first-order valence-corrected chi connectivity index (χ1v) is 6.27. The van der Waals surface area contributed by atoms with E-state index in [0.29, 0.717) is 11.6 Å². The van der Waals surface area contributed by atoms with E-state index in [-0.39, 0.29) is 5.91 Å². The molecular formula is C10H11BrN2OS. The van der Waals surface area contributed by atoms with Crippen LogP contribution in [0.25, 0.3) is 0 Å². The predicted molar refractivity (Wildman–Crippen MR) is 68.1 cm³/mol. The normalized spacial score (nSPS) is 9.67. The number of carbonyl (C=O) groups is 1. The second-order valence-corrected chi connectivity index (χ2v) is 4.66. The van der Waals surface area contributed by atoms with Crippen LogP contribution in [0.5, 0.6) is 0 Å². The SMILES string of the molecule is C=CCSCC(=O)Nc1ccc(Br)cn1. The number of nitrogens with zero attached hydrogens (tertiary/aromatic N) is 1. The summed E-state index contributed by atoms with van der Waals surface area (Å²) in [5.41, 5.74) is 0. The molecule has 0 unspecified atom stereocenters. The number of hydrogen-bond donors (Lipinski definition) is 1. The van der Waals surface area contributed by atoms with Crippen LogP contribution >= 0.6 is 27.7 Å². The van der Waals surface area contributed by atoms with Crippen LogP contribution in [0.3, 0.4) is 0 Å². The Balaban J connectivity index is 2.37. The molecule has 5 heteroatoms. The number of carbonyl (C=O) groups excluding carboxylic acids is 1. The molecule has 0 saturated carbocycles. The van der Waals surface area contributed by atoms with Crippen LogP contribution in [0, 0.1) is 0 Å². The van der Waals surface area contributed by atoms with E-state index in [0.717, 1.165) is 10.2 Å². The fourth-order valence-electron chi connectivity index (χ4n) is 0.864. The molecule has 0 fully saturated rings. The summed E-state index contributed by atoms with van der Waals surface area (Å²) >= 11 is 4.79. The molecule has 0 aliphatic heterocycles. The van der Waals surface area contributed by atoms with Crippen LogP contribution < -0.4 is 5.32 Å². The number of anilines is 1. The minimum atomic E-state index is -0.0447. The van der Waals surface area contributed by atoms with Gasteiger partial charge in [-0.15, -0.1) is 18.3 Å². The van der Waals surface area contributed by atoms with Crippen LogP contribution in [0.15, 0.2) is 35.5 Å². The van der Waals surface area contributed by atoms with Gasteiger partial charge in [0.25, 0.3) is 0 Å². The van der Waals surface area contributed by atoms with Gasteiger partial charge in [-0.25, -0.2) is 4.98 Å². The molecule has 0 radical (unpaired) electrons. The first-order valence-electron chi connectivity index (χ1n) is 4.32. The van der Waals surface area contributed by atoms with Gasteiger partial charge in [0.1, 0.15) is 5.82 Å². The van der Waals surface area contributed by atoms with Gasteiger partial charge in [-0.2, -0.15) is 0 Å². The van der Waals surface area contributed by atoms with Gasteiger partial charge in [0.05, 0.1) is 5.75 Å². The van der Waals surface area contributed by atoms with E-state index in [1.807, 2.05) is 6.07 Å². The third kappa shape index (κ3) is 4.99. The summed E-state index contributed by atoms with van der Waals surface area (Å²) in [5, 5.41) is 2.70. The van der Waals surface area contributed by atoms with Crippen molar-refractivity contribution in [2.24, 2.45) is 0 Å². The topological polar surface area (TPSA) is 42.0 Å². The Morgan fingerprint density at radius 1 is 1.67 bits per heavy atom. The summed E-state index contributed by atoms with van der Waals surface area (Å²) in [4.78, 5) is 15.4. The monoisotopic (exact) mass is 286 g/mol. The van der Waals surface area contributed by atoms with Gasteiger partial charge in [0, 0.05) is 16.4 Å². The van der Waals surface area contributed by atoms with E-state index in [1.165, 1.54) is 11.8 Å². The highest BCUT2D eigenvalue weighted by Crippen LogP contribution is 2.10. The Bertz CT molecular complexity index is 340. The standard InChI is InChI=1S/C10H11BrN2OS/c1-2-5-15-7-10(14)13-9-4-3-8(11)6-12-9/h2-4,6H,1,5,7H2,(H,12,13,14). The fourth-order valence-corrected chi connectivity index (χ4v) is 1.64. The van der Waals surface area contributed by atoms with Crippen LogP contribution in [0.4, 0.5) is 5.82 Å². The third-order valence-corrected chi connectivity index (χ3v) is 2.87. The molecule has 0 saturated heterocycles. The lowest BCUT2D eigenvalue weighted by Crippen LogP contribution is -2.15. The smallest absolute Gasteiger partial charge is 0.235 e. The molecule has 15 heavy (non-hydrogen) atoms. The molecule has 0 bridgehead atoms. The minimum Gasteiger partial charge on any atom is -0.310 e. The molecule has 0 aliphatic rings. The zero-order chi connectivity index (χ0) is 11.1. The van der Waals surface area contributed by atoms with Crippen molar-refractivity contribution >= 4 is 39.4 Å². The quantitative estimate of drug-likeness (QED) is 0.669. The van der Waals surface area contributed by atoms with Gasteiger partial charge in [-0.05, 0) is 28.1 Å². The number of hydrogen-bond acceptors (Lipinski definition) is 3. The number of pyridine rings is 1. The van der Waals surface area contributed by atoms with Crippen molar-refractivity contribution in [2.45, 2.75) is 0 Å². The van der Waals surface area contributed by atoms with E-state index in [2.05, 4.69) is 32.8 Å². The van der Waals surface area contributed by atoms with Gasteiger partial charge >= 0.3 is 0 Å². The number of nitrogens with one attached hydrogen (secondary N) is 1. The van der Waals surface area contributed by atoms with Crippen LogP contribution in [0.2, 0.25) is 0 Å². The molecule has 1 rings (SSSR count). The molecule has 1 amide bonds. The number of amides is 1. The third-order valence-electron chi connectivity index (χ3n) is 1.46. The average Bonchev–Trinajstić information content (AvgIpc) is 2.22. The molecular weight excluding hydrogens is 276 g/mol. The lowest BCUT2D eigenvalue weighted by Gasteiger charge is -2.03. The van der Waals surface area contributed by atoms with Crippen LogP contribution in [-0.4, -0.2) is 22.4 Å². The van der Waals surface area contributed by atoms with Gasteiger partial charge in [0.2, 0.25) is 5.91 Å². The largest absolute Gasteiger partial charge is 0.310 e. The Morgan fingerprint density at radius 3 is 3.07 bits per heavy atom. The first kappa shape index (κ1) is 12.3. The van der Waals surface area contributed by atoms with E-state index in [4.69, 9.17) is 0 Å². The van der Waals surface area contributed by atoms with Gasteiger partial charge < -0.3 is 5.32 Å². The summed E-state index contributed by atoms with van der Waals surface area (Å²) in [5.74, 6) is 1.73. The van der Waals surface area contributed by atoms with Gasteiger partial charge in [-0.3, -0.25) is 4.79 Å². The minimum absolute atomic E-state index is 0.0447. The lowest BCUT2D eigenvalue weighted by molar-refractivity contribution is -0.113. The van der Waals surface area contributed by atoms with Crippen LogP contribution in [0.1, 0.15) is 0 Å². The molecule has 0 atom stereocenters. The van der Waals surface area contributed by atoms with Crippen molar-refractivity contribution in [1.29, 1.82) is 0 Å². The van der Waals surface area contributed by atoms with Crippen molar-refractivity contribution in [3.8, 4) is 0 Å². The summed E-state index contributed by atoms with van der Waals surface area (Å²) in [6, 6.07) is 3.58. The van der Waals surface area contributed by atoms with Crippen molar-refractivity contribution in [3.05, 3.63) is 35.5 Å². The lowest BCUT2D eigenvalue weighted by atomic mass is 10.4. The Labute approximate surface area is 101 Å². The van der Waals surface area contributed by atoms with Crippen molar-refractivity contribution in [2.75, 3.05) is 16.8 Å². The van der Waals surface area contributed by atoms with E-state index < -0.39 is 0 Å². The van der Waals surface area contributed by atoms with Gasteiger partial charge in [-0.1, -0.05) is 6.08 Å². The molecule has 1 N–H and O–H groups in total. The molecule has 1 heterocycles. The highest BCUT2D eigenvalue weighted by Gasteiger charge is 2.02. The molecule has 0 aliphatic carbocycles. The van der Waals surface area contributed by atoms with Gasteiger partial charge in [0.15, 0.2) is 0 Å². The Morgan fingerprint density at radius 2 is 2.47 bits per heavy atom. The summed E-state index contributed by atoms with van der Waals surface area (Å²) in [7, 11) is 0. The maximum absolute atomic E-state index is 11.4. The molecule has 1 aromatic heterocycles. The molecule has 0 spiro atoms. The Kier molecular flexibility index (Phi) is 5.42. The number of halogens is 1. The highest BCUT2D eigenvalue weighted by atomic mass is 79.9. The molecule has 1 aromatic rings. The molecule has 0 aromatic carbocycles. The second-order valence-electron chi connectivity index (χ2n) is 2.71.